The molecular weight excluding hydrogens is 374 g/mol. The molecule has 0 aromatic heterocycles. The molecule has 1 aromatic rings. The second kappa shape index (κ2) is 7.24. The van der Waals surface area contributed by atoms with E-state index in [-0.39, 0.29) is 25.3 Å². The molecule has 2 fully saturated rings. The Morgan fingerprint density at radius 3 is 2.79 bits per heavy atom. The third-order valence-electron chi connectivity index (χ3n) is 6.58. The van der Waals surface area contributed by atoms with Crippen molar-refractivity contribution in [2.45, 2.75) is 51.6 Å². The maximum atomic E-state index is 13.1. The van der Waals surface area contributed by atoms with E-state index in [0.717, 1.165) is 24.2 Å². The molecule has 8 heteroatoms. The highest BCUT2D eigenvalue weighted by atomic mass is 16.7. The number of hydrogen-bond acceptors (Lipinski definition) is 5. The molecule has 1 saturated carbocycles. The first-order valence-corrected chi connectivity index (χ1v) is 10.1. The Bertz CT molecular complexity index is 857. The van der Waals surface area contributed by atoms with Crippen molar-refractivity contribution in [3.05, 3.63) is 23.8 Å². The van der Waals surface area contributed by atoms with Crippen molar-refractivity contribution in [3.8, 4) is 11.5 Å². The van der Waals surface area contributed by atoms with Crippen LogP contribution in [0.4, 0.5) is 4.79 Å². The molecule has 3 aliphatic rings. The largest absolute Gasteiger partial charge is 0.454 e. The minimum atomic E-state index is -1.26. The molecule has 1 aliphatic carbocycles. The second-order valence-electron chi connectivity index (χ2n) is 8.46. The van der Waals surface area contributed by atoms with E-state index in [9.17, 15) is 14.4 Å². The summed E-state index contributed by atoms with van der Waals surface area (Å²) in [5.41, 5.74) is -0.678. The fourth-order valence-electron chi connectivity index (χ4n) is 4.43. The van der Waals surface area contributed by atoms with Crippen LogP contribution in [0.2, 0.25) is 0 Å². The van der Waals surface area contributed by atoms with E-state index < -0.39 is 17.5 Å². The van der Waals surface area contributed by atoms with Gasteiger partial charge in [0, 0.05) is 6.04 Å². The van der Waals surface area contributed by atoms with Crippen molar-refractivity contribution in [2.24, 2.45) is 11.8 Å². The van der Waals surface area contributed by atoms with Crippen LogP contribution in [0.15, 0.2) is 18.2 Å². The number of imide groups is 1. The summed E-state index contributed by atoms with van der Waals surface area (Å²) < 4.78 is 10.7. The normalized spacial score (nSPS) is 31.0. The molecule has 2 N–H and O–H groups in total. The number of benzene rings is 1. The second-order valence-corrected chi connectivity index (χ2v) is 8.46. The molecule has 4 rings (SSSR count). The highest BCUT2D eigenvalue weighted by molar-refractivity contribution is 6.09. The van der Waals surface area contributed by atoms with Gasteiger partial charge < -0.3 is 20.1 Å². The van der Waals surface area contributed by atoms with Gasteiger partial charge in [-0.1, -0.05) is 32.8 Å². The number of ether oxygens (including phenoxy) is 2. The lowest BCUT2D eigenvalue weighted by atomic mass is 9.78. The summed E-state index contributed by atoms with van der Waals surface area (Å²) in [4.78, 5) is 39.2. The summed E-state index contributed by atoms with van der Waals surface area (Å²) in [5, 5.41) is 5.74. The van der Waals surface area contributed by atoms with E-state index in [1.165, 1.54) is 0 Å². The molecule has 0 radical (unpaired) electrons. The van der Waals surface area contributed by atoms with Crippen molar-refractivity contribution in [1.82, 2.24) is 15.5 Å². The molecule has 0 bridgehead atoms. The Hall–Kier alpha value is -2.77. The van der Waals surface area contributed by atoms with E-state index in [0.29, 0.717) is 28.9 Å². The Kier molecular flexibility index (Phi) is 4.88. The van der Waals surface area contributed by atoms with Gasteiger partial charge in [0.25, 0.3) is 5.91 Å². The van der Waals surface area contributed by atoms with E-state index >= 15 is 0 Å². The molecular formula is C21H27N3O5. The van der Waals surface area contributed by atoms with Crippen LogP contribution < -0.4 is 20.1 Å². The van der Waals surface area contributed by atoms with E-state index in [2.05, 4.69) is 24.5 Å². The maximum Gasteiger partial charge on any atom is 0.325 e. The average Bonchev–Trinajstić information content (AvgIpc) is 3.24. The van der Waals surface area contributed by atoms with Gasteiger partial charge in [0.05, 0.1) is 0 Å². The van der Waals surface area contributed by atoms with Crippen LogP contribution >= 0.6 is 0 Å². The summed E-state index contributed by atoms with van der Waals surface area (Å²) in [7, 11) is 0. The van der Waals surface area contributed by atoms with Gasteiger partial charge in [-0.05, 0) is 42.9 Å². The summed E-state index contributed by atoms with van der Waals surface area (Å²) in [6.07, 6.45) is 3.16. The number of rotatable bonds is 4. The fraction of sp³-hybridized carbons (Fsp3) is 0.571. The zero-order valence-corrected chi connectivity index (χ0v) is 17.0. The lowest BCUT2D eigenvalue weighted by molar-refractivity contribution is -0.135. The van der Waals surface area contributed by atoms with E-state index in [1.54, 1.807) is 25.1 Å². The lowest BCUT2D eigenvalue weighted by Gasteiger charge is -2.34. The van der Waals surface area contributed by atoms with Gasteiger partial charge in [-0.2, -0.15) is 0 Å². The number of urea groups is 1. The van der Waals surface area contributed by atoms with Crippen LogP contribution in [0.25, 0.3) is 0 Å². The number of amides is 4. The molecule has 1 aromatic carbocycles. The van der Waals surface area contributed by atoms with E-state index in [4.69, 9.17) is 9.47 Å². The van der Waals surface area contributed by atoms with Gasteiger partial charge in [-0.25, -0.2) is 4.79 Å². The van der Waals surface area contributed by atoms with Crippen molar-refractivity contribution < 1.29 is 23.9 Å². The van der Waals surface area contributed by atoms with Gasteiger partial charge in [-0.3, -0.25) is 14.5 Å². The van der Waals surface area contributed by atoms with Gasteiger partial charge >= 0.3 is 6.03 Å². The molecule has 1 saturated heterocycles. The van der Waals surface area contributed by atoms with Crippen molar-refractivity contribution in [3.63, 3.8) is 0 Å². The Morgan fingerprint density at radius 1 is 1.24 bits per heavy atom. The van der Waals surface area contributed by atoms with Crippen molar-refractivity contribution in [2.75, 3.05) is 13.3 Å². The summed E-state index contributed by atoms with van der Waals surface area (Å²) in [6, 6.07) is 4.63. The summed E-state index contributed by atoms with van der Waals surface area (Å²) >= 11 is 0. The first kappa shape index (κ1) is 19.5. The monoisotopic (exact) mass is 401 g/mol. The third-order valence-corrected chi connectivity index (χ3v) is 6.58. The third kappa shape index (κ3) is 3.41. The summed E-state index contributed by atoms with van der Waals surface area (Å²) in [5.74, 6) is 1.27. The highest BCUT2D eigenvalue weighted by Crippen LogP contribution is 2.38. The predicted octanol–water partition coefficient (Wildman–Crippen LogP) is 2.12. The van der Waals surface area contributed by atoms with Crippen LogP contribution in [-0.2, 0) is 15.1 Å². The van der Waals surface area contributed by atoms with Crippen molar-refractivity contribution >= 4 is 17.8 Å². The first-order valence-electron chi connectivity index (χ1n) is 10.1. The molecule has 2 aliphatic heterocycles. The van der Waals surface area contributed by atoms with Crippen LogP contribution in [0.3, 0.4) is 0 Å². The zero-order valence-electron chi connectivity index (χ0n) is 17.0. The number of carbonyl (C=O) groups is 3. The maximum absolute atomic E-state index is 13.1. The molecule has 0 spiro atoms. The smallest absolute Gasteiger partial charge is 0.325 e. The van der Waals surface area contributed by atoms with Gasteiger partial charge in [-0.15, -0.1) is 0 Å². The minimum absolute atomic E-state index is 0.0762. The Morgan fingerprint density at radius 2 is 2.00 bits per heavy atom. The summed E-state index contributed by atoms with van der Waals surface area (Å²) in [6.45, 7) is 5.80. The minimum Gasteiger partial charge on any atom is -0.454 e. The van der Waals surface area contributed by atoms with Gasteiger partial charge in [0.2, 0.25) is 12.7 Å². The highest BCUT2D eigenvalue weighted by Gasteiger charge is 2.50. The molecule has 156 valence electrons. The first-order chi connectivity index (χ1) is 13.8. The standard InChI is InChI=1S/C21H27N3O5/c1-12-5-4-6-15(13(12)2)22-18(25)10-24-19(26)21(3,23-20(24)27)14-7-8-16-17(9-14)29-11-28-16/h7-9,12-13,15H,4-6,10-11H2,1-3H3,(H,22,25)(H,23,27)/t12-,13+,15+,21+/m0/s1. The number of hydrogen-bond donors (Lipinski definition) is 2. The van der Waals surface area contributed by atoms with Crippen LogP contribution in [0.1, 0.15) is 45.6 Å². The van der Waals surface area contributed by atoms with Crippen molar-refractivity contribution in [1.29, 1.82) is 0 Å². The lowest BCUT2D eigenvalue weighted by Crippen LogP contribution is -2.48. The molecule has 2 heterocycles. The SMILES string of the molecule is C[C@@H]1[C@@H](C)CCC[C@H]1NC(=O)CN1C(=O)N[C@](C)(c2ccc3c(c2)OCO3)C1=O. The predicted molar refractivity (Wildman–Crippen MR) is 104 cm³/mol. The van der Waals surface area contributed by atoms with Crippen LogP contribution in [-0.4, -0.2) is 42.1 Å². The Balaban J connectivity index is 1.46. The number of fused-ring (bicyclic) bond motifs is 1. The number of nitrogens with zero attached hydrogens (tertiary/aromatic N) is 1. The van der Waals surface area contributed by atoms with Crippen LogP contribution in [0.5, 0.6) is 11.5 Å². The quantitative estimate of drug-likeness (QED) is 0.754. The van der Waals surface area contributed by atoms with Gasteiger partial charge in [0.1, 0.15) is 12.1 Å². The van der Waals surface area contributed by atoms with E-state index in [1.807, 2.05) is 0 Å². The molecule has 29 heavy (non-hydrogen) atoms. The number of carbonyl (C=O) groups excluding carboxylic acids is 3. The molecule has 4 atom stereocenters. The molecule has 8 nitrogen and oxygen atoms in total. The molecule has 4 amide bonds. The molecule has 0 unspecified atom stereocenters. The Labute approximate surface area is 169 Å². The average molecular weight is 401 g/mol. The van der Waals surface area contributed by atoms with Crippen LogP contribution in [0, 0.1) is 11.8 Å². The number of nitrogens with one attached hydrogen (secondary N) is 2. The fourth-order valence-corrected chi connectivity index (χ4v) is 4.43. The van der Waals surface area contributed by atoms with Gasteiger partial charge in [0.15, 0.2) is 11.5 Å². The topological polar surface area (TPSA) is 97.0 Å². The zero-order chi connectivity index (χ0) is 20.8.